The van der Waals surface area contributed by atoms with Crippen LogP contribution in [0.15, 0.2) is 0 Å². The Balaban J connectivity index is 4.25. The number of amides is 1. The molecule has 0 aliphatic carbocycles. The van der Waals surface area contributed by atoms with Crippen molar-refractivity contribution >= 4 is 5.91 Å². The summed E-state index contributed by atoms with van der Waals surface area (Å²) >= 11 is 0. The van der Waals surface area contributed by atoms with Crippen LogP contribution in [-0.2, 0) is 9.53 Å². The van der Waals surface area contributed by atoms with Gasteiger partial charge in [-0.3, -0.25) is 4.79 Å². The normalized spacial score (nSPS) is 11.3. The maximum atomic E-state index is 12.0. The zero-order valence-corrected chi connectivity index (χ0v) is 10.8. The van der Waals surface area contributed by atoms with E-state index in [0.717, 1.165) is 0 Å². The lowest BCUT2D eigenvalue weighted by Crippen LogP contribution is -2.44. The number of nitrogens with two attached hydrogens (primary N) is 1. The second kappa shape index (κ2) is 10.5. The number of ether oxygens (including phenoxy) is 1. The van der Waals surface area contributed by atoms with Gasteiger partial charge in [-0.1, -0.05) is 0 Å². The molecular weight excluding hydrogens is 232 g/mol. The summed E-state index contributed by atoms with van der Waals surface area (Å²) in [7, 11) is 1.60. The molecule has 0 saturated carbocycles. The van der Waals surface area contributed by atoms with Crippen LogP contribution in [0.4, 0.5) is 0 Å². The van der Waals surface area contributed by atoms with Gasteiger partial charge in [-0.2, -0.15) is 10.5 Å². The number of nitriles is 2. The Labute approximate surface area is 108 Å². The molecule has 1 unspecified atom stereocenters. The molecule has 100 valence electrons. The van der Waals surface area contributed by atoms with Crippen molar-refractivity contribution in [3.63, 3.8) is 0 Å². The number of hydrogen-bond donors (Lipinski definition) is 1. The fourth-order valence-corrected chi connectivity index (χ4v) is 1.51. The number of carbonyl (C=O) groups excluding carboxylic acids is 1. The minimum absolute atomic E-state index is 0.198. The largest absolute Gasteiger partial charge is 0.385 e. The monoisotopic (exact) mass is 252 g/mol. The van der Waals surface area contributed by atoms with Crippen LogP contribution in [0.2, 0.25) is 0 Å². The molecule has 0 spiro atoms. The topological polar surface area (TPSA) is 103 Å². The summed E-state index contributed by atoms with van der Waals surface area (Å²) < 4.78 is 4.90. The van der Waals surface area contributed by atoms with Crippen molar-refractivity contribution < 1.29 is 9.53 Å². The van der Waals surface area contributed by atoms with Crippen LogP contribution in [0.3, 0.4) is 0 Å². The summed E-state index contributed by atoms with van der Waals surface area (Å²) in [5.41, 5.74) is 5.79. The second-order valence-electron chi connectivity index (χ2n) is 3.88. The fourth-order valence-electron chi connectivity index (χ4n) is 1.51. The zero-order chi connectivity index (χ0) is 13.8. The second-order valence-corrected chi connectivity index (χ2v) is 3.88. The van der Waals surface area contributed by atoms with Gasteiger partial charge in [0.05, 0.1) is 31.0 Å². The molecule has 0 rings (SSSR count). The van der Waals surface area contributed by atoms with Crippen LogP contribution in [0.5, 0.6) is 0 Å². The van der Waals surface area contributed by atoms with Crippen LogP contribution in [0.1, 0.15) is 25.7 Å². The first kappa shape index (κ1) is 16.4. The number of methoxy groups -OCH3 is 1. The van der Waals surface area contributed by atoms with Gasteiger partial charge in [-0.25, -0.2) is 0 Å². The molecule has 0 aromatic rings. The Morgan fingerprint density at radius 2 is 1.89 bits per heavy atom. The summed E-state index contributed by atoms with van der Waals surface area (Å²) in [4.78, 5) is 13.5. The molecule has 1 amide bonds. The van der Waals surface area contributed by atoms with Gasteiger partial charge in [-0.15, -0.1) is 0 Å². The highest BCUT2D eigenvalue weighted by Gasteiger charge is 2.19. The molecule has 18 heavy (non-hydrogen) atoms. The number of rotatable bonds is 9. The van der Waals surface area contributed by atoms with Crippen LogP contribution < -0.4 is 5.73 Å². The first-order chi connectivity index (χ1) is 8.67. The fraction of sp³-hybridized carbons (Fsp3) is 0.750. The SMILES string of the molecule is COCCCC(N)C(=O)N(CCC#N)CCC#N. The molecule has 2 N–H and O–H groups in total. The van der Waals surface area contributed by atoms with Crippen molar-refractivity contribution in [2.75, 3.05) is 26.8 Å². The van der Waals surface area contributed by atoms with E-state index in [1.54, 1.807) is 7.11 Å². The van der Waals surface area contributed by atoms with Crippen LogP contribution in [0.25, 0.3) is 0 Å². The predicted octanol–water partition coefficient (Wildman–Crippen LogP) is 0.396. The third-order valence-electron chi connectivity index (χ3n) is 2.48. The van der Waals surface area contributed by atoms with Crippen molar-refractivity contribution in [2.45, 2.75) is 31.7 Å². The van der Waals surface area contributed by atoms with Crippen LogP contribution in [0, 0.1) is 22.7 Å². The summed E-state index contributed by atoms with van der Waals surface area (Å²) in [5.74, 6) is -0.198. The van der Waals surface area contributed by atoms with E-state index in [1.165, 1.54) is 4.90 Å². The average molecular weight is 252 g/mol. The van der Waals surface area contributed by atoms with Crippen molar-refractivity contribution in [1.29, 1.82) is 10.5 Å². The Bertz CT molecular complexity index is 301. The summed E-state index contributed by atoms with van der Waals surface area (Å²) in [6, 6.07) is 3.38. The van der Waals surface area contributed by atoms with Crippen molar-refractivity contribution in [1.82, 2.24) is 4.90 Å². The van der Waals surface area contributed by atoms with E-state index in [0.29, 0.717) is 32.5 Å². The van der Waals surface area contributed by atoms with Gasteiger partial charge in [0.25, 0.3) is 0 Å². The summed E-state index contributed by atoms with van der Waals surface area (Å²) in [5, 5.41) is 17.1. The lowest BCUT2D eigenvalue weighted by molar-refractivity contribution is -0.132. The van der Waals surface area contributed by atoms with Crippen LogP contribution in [-0.4, -0.2) is 43.7 Å². The first-order valence-electron chi connectivity index (χ1n) is 5.94. The summed E-state index contributed by atoms with van der Waals surface area (Å²) in [6.45, 7) is 1.22. The van der Waals surface area contributed by atoms with Gasteiger partial charge in [0.15, 0.2) is 0 Å². The van der Waals surface area contributed by atoms with Gasteiger partial charge >= 0.3 is 0 Å². The molecule has 0 radical (unpaired) electrons. The van der Waals surface area contributed by atoms with Crippen molar-refractivity contribution in [3.05, 3.63) is 0 Å². The molecule has 0 bridgehead atoms. The van der Waals surface area contributed by atoms with E-state index in [9.17, 15) is 4.79 Å². The Morgan fingerprint density at radius 3 is 2.33 bits per heavy atom. The Morgan fingerprint density at radius 1 is 1.33 bits per heavy atom. The predicted molar refractivity (Wildman–Crippen MR) is 66.1 cm³/mol. The smallest absolute Gasteiger partial charge is 0.239 e. The van der Waals surface area contributed by atoms with Crippen LogP contribution >= 0.6 is 0 Å². The van der Waals surface area contributed by atoms with E-state index < -0.39 is 6.04 Å². The van der Waals surface area contributed by atoms with Gasteiger partial charge in [0, 0.05) is 26.8 Å². The molecule has 1 atom stereocenters. The first-order valence-corrected chi connectivity index (χ1v) is 5.94. The van der Waals surface area contributed by atoms with E-state index in [4.69, 9.17) is 21.0 Å². The molecule has 0 heterocycles. The van der Waals surface area contributed by atoms with Crippen molar-refractivity contribution in [2.24, 2.45) is 5.73 Å². The third-order valence-corrected chi connectivity index (χ3v) is 2.48. The molecule has 0 aliphatic heterocycles. The molecule has 0 aliphatic rings. The van der Waals surface area contributed by atoms with E-state index in [2.05, 4.69) is 0 Å². The molecule has 0 aromatic heterocycles. The Kier molecular flexibility index (Phi) is 9.57. The minimum atomic E-state index is -0.586. The van der Waals surface area contributed by atoms with Crippen molar-refractivity contribution in [3.8, 4) is 12.1 Å². The molecule has 6 nitrogen and oxygen atoms in total. The molecule has 0 saturated heterocycles. The quantitative estimate of drug-likeness (QED) is 0.598. The molecule has 0 fully saturated rings. The van der Waals surface area contributed by atoms with Gasteiger partial charge in [0.2, 0.25) is 5.91 Å². The molecular formula is C12H20N4O2. The zero-order valence-electron chi connectivity index (χ0n) is 10.8. The number of carbonyl (C=O) groups is 1. The number of hydrogen-bond acceptors (Lipinski definition) is 5. The highest BCUT2D eigenvalue weighted by atomic mass is 16.5. The maximum Gasteiger partial charge on any atom is 0.239 e. The highest BCUT2D eigenvalue weighted by molar-refractivity contribution is 5.81. The lowest BCUT2D eigenvalue weighted by atomic mass is 10.1. The highest BCUT2D eigenvalue weighted by Crippen LogP contribution is 2.03. The maximum absolute atomic E-state index is 12.0. The lowest BCUT2D eigenvalue weighted by Gasteiger charge is -2.24. The van der Waals surface area contributed by atoms with Gasteiger partial charge < -0.3 is 15.4 Å². The molecule has 0 aromatic carbocycles. The van der Waals surface area contributed by atoms with Gasteiger partial charge in [0.1, 0.15) is 0 Å². The number of nitrogens with zero attached hydrogens (tertiary/aromatic N) is 3. The third kappa shape index (κ3) is 6.85. The average Bonchev–Trinajstić information content (AvgIpc) is 2.38. The standard InChI is InChI=1S/C12H20N4O2/c1-18-10-2-5-11(15)12(17)16(8-3-6-13)9-4-7-14/h11H,2-5,8-10,15H2,1H3. The van der Waals surface area contributed by atoms with E-state index >= 15 is 0 Å². The van der Waals surface area contributed by atoms with E-state index in [1.807, 2.05) is 12.1 Å². The van der Waals surface area contributed by atoms with E-state index in [-0.39, 0.29) is 18.7 Å². The Hall–Kier alpha value is -1.63. The van der Waals surface area contributed by atoms with Gasteiger partial charge in [-0.05, 0) is 12.8 Å². The molecule has 6 heteroatoms. The summed E-state index contributed by atoms with van der Waals surface area (Å²) in [6.07, 6.45) is 1.76. The minimum Gasteiger partial charge on any atom is -0.385 e.